The molecule has 0 bridgehead atoms. The van der Waals surface area contributed by atoms with Crippen LogP contribution in [0.15, 0.2) is 23.1 Å². The van der Waals surface area contributed by atoms with Gasteiger partial charge >= 0.3 is 0 Å². The van der Waals surface area contributed by atoms with Gasteiger partial charge in [0.1, 0.15) is 11.6 Å². The van der Waals surface area contributed by atoms with E-state index in [4.69, 9.17) is 4.74 Å². The Morgan fingerprint density at radius 1 is 1.25 bits per heavy atom. The lowest BCUT2D eigenvalue weighted by molar-refractivity contribution is 0.121. The van der Waals surface area contributed by atoms with E-state index in [1.54, 1.807) is 7.11 Å². The molecule has 0 atom stereocenters. The number of rotatable bonds is 4. The number of nitrogens with zero attached hydrogens (tertiary/aromatic N) is 1. The molecule has 0 spiro atoms. The average Bonchev–Trinajstić information content (AvgIpc) is 2.39. The quantitative estimate of drug-likeness (QED) is 0.855. The van der Waals surface area contributed by atoms with Crippen molar-refractivity contribution in [1.82, 2.24) is 4.31 Å². The molecule has 1 aliphatic heterocycles. The minimum absolute atomic E-state index is 0.254. The number of hydrogen-bond donors (Lipinski definition) is 0. The number of sulfonamides is 1. The van der Waals surface area contributed by atoms with Gasteiger partial charge < -0.3 is 4.74 Å². The first-order chi connectivity index (χ1) is 9.46. The lowest BCUT2D eigenvalue weighted by Crippen LogP contribution is -2.40. The topological polar surface area (TPSA) is 46.6 Å². The fraction of sp³-hybridized carbons (Fsp3) is 0.538. The molecule has 0 N–H and O–H groups in total. The van der Waals surface area contributed by atoms with Crippen LogP contribution in [0.5, 0.6) is 0 Å². The van der Waals surface area contributed by atoms with E-state index in [9.17, 15) is 17.2 Å². The van der Waals surface area contributed by atoms with E-state index in [2.05, 4.69) is 0 Å². The molecule has 1 fully saturated rings. The molecule has 7 heteroatoms. The largest absolute Gasteiger partial charge is 0.384 e. The second kappa shape index (κ2) is 6.15. The van der Waals surface area contributed by atoms with Gasteiger partial charge in [0.05, 0.1) is 0 Å². The third-order valence-corrected chi connectivity index (χ3v) is 5.44. The summed E-state index contributed by atoms with van der Waals surface area (Å²) in [5, 5.41) is 0. The summed E-state index contributed by atoms with van der Waals surface area (Å²) in [5.74, 6) is -1.81. The summed E-state index contributed by atoms with van der Waals surface area (Å²) in [7, 11) is -2.52. The molecule has 1 aromatic rings. The highest BCUT2D eigenvalue weighted by atomic mass is 32.2. The van der Waals surface area contributed by atoms with Crippen molar-refractivity contribution in [2.24, 2.45) is 5.92 Å². The molecular formula is C13H17F2NO3S. The molecule has 0 unspecified atom stereocenters. The first-order valence-electron chi connectivity index (χ1n) is 6.40. The van der Waals surface area contributed by atoms with E-state index >= 15 is 0 Å². The molecule has 0 saturated carbocycles. The Morgan fingerprint density at radius 2 is 1.80 bits per heavy atom. The van der Waals surface area contributed by atoms with Crippen LogP contribution in [0.2, 0.25) is 0 Å². The van der Waals surface area contributed by atoms with Gasteiger partial charge in [-0.15, -0.1) is 0 Å². The number of benzene rings is 1. The highest BCUT2D eigenvalue weighted by Gasteiger charge is 2.33. The number of halogens is 2. The van der Waals surface area contributed by atoms with Crippen molar-refractivity contribution in [2.45, 2.75) is 17.7 Å². The molecule has 0 radical (unpaired) electrons. The van der Waals surface area contributed by atoms with Crippen molar-refractivity contribution in [3.63, 3.8) is 0 Å². The van der Waals surface area contributed by atoms with Gasteiger partial charge in [-0.25, -0.2) is 17.2 Å². The maximum Gasteiger partial charge on any atom is 0.248 e. The second-order valence-corrected chi connectivity index (χ2v) is 6.73. The van der Waals surface area contributed by atoms with Crippen LogP contribution in [0, 0.1) is 17.6 Å². The summed E-state index contributed by atoms with van der Waals surface area (Å²) in [4.78, 5) is -0.856. The first kappa shape index (κ1) is 15.3. The van der Waals surface area contributed by atoms with Crippen molar-refractivity contribution < 1.29 is 21.9 Å². The van der Waals surface area contributed by atoms with Crippen LogP contribution in [0.25, 0.3) is 0 Å². The molecule has 1 aliphatic rings. The molecule has 0 aromatic heterocycles. The SMILES string of the molecule is COCC1CCN(S(=O)(=O)c2c(F)cccc2F)CC1. The third kappa shape index (κ3) is 2.99. The normalized spacial score (nSPS) is 18.4. The zero-order valence-corrected chi connectivity index (χ0v) is 12.0. The molecule has 112 valence electrons. The van der Waals surface area contributed by atoms with Crippen molar-refractivity contribution in [1.29, 1.82) is 0 Å². The Hall–Kier alpha value is -1.05. The Balaban J connectivity index is 2.20. The summed E-state index contributed by atoms with van der Waals surface area (Å²) < 4.78 is 58.1. The smallest absolute Gasteiger partial charge is 0.248 e. The van der Waals surface area contributed by atoms with Crippen molar-refractivity contribution in [2.75, 3.05) is 26.8 Å². The maximum atomic E-state index is 13.6. The minimum atomic E-state index is -4.12. The van der Waals surface area contributed by atoms with Gasteiger partial charge in [0.2, 0.25) is 10.0 Å². The van der Waals surface area contributed by atoms with Crippen molar-refractivity contribution >= 4 is 10.0 Å². The molecular weight excluding hydrogens is 288 g/mol. The lowest BCUT2D eigenvalue weighted by atomic mass is 9.99. The van der Waals surface area contributed by atoms with Crippen LogP contribution in [-0.2, 0) is 14.8 Å². The number of hydrogen-bond acceptors (Lipinski definition) is 3. The van der Waals surface area contributed by atoms with E-state index in [0.717, 1.165) is 22.5 Å². The minimum Gasteiger partial charge on any atom is -0.384 e. The zero-order valence-electron chi connectivity index (χ0n) is 11.2. The molecule has 0 amide bonds. The van der Waals surface area contributed by atoms with Crippen LogP contribution in [-0.4, -0.2) is 39.5 Å². The number of methoxy groups -OCH3 is 1. The molecule has 0 aliphatic carbocycles. The Morgan fingerprint density at radius 3 is 2.30 bits per heavy atom. The van der Waals surface area contributed by atoms with Crippen LogP contribution in [0.3, 0.4) is 0 Å². The summed E-state index contributed by atoms with van der Waals surface area (Å²) >= 11 is 0. The predicted molar refractivity (Wildman–Crippen MR) is 69.7 cm³/mol. The van der Waals surface area contributed by atoms with Crippen molar-refractivity contribution in [3.05, 3.63) is 29.8 Å². The van der Waals surface area contributed by atoms with Crippen LogP contribution < -0.4 is 0 Å². The van der Waals surface area contributed by atoms with E-state index < -0.39 is 26.6 Å². The Kier molecular flexibility index (Phi) is 4.72. The molecule has 4 nitrogen and oxygen atoms in total. The third-order valence-electron chi connectivity index (χ3n) is 3.49. The fourth-order valence-corrected chi connectivity index (χ4v) is 3.99. The van der Waals surface area contributed by atoms with Gasteiger partial charge in [0.15, 0.2) is 4.90 Å². The highest BCUT2D eigenvalue weighted by Crippen LogP contribution is 2.27. The average molecular weight is 305 g/mol. The predicted octanol–water partition coefficient (Wildman–Crippen LogP) is 2.01. The maximum absolute atomic E-state index is 13.6. The van der Waals surface area contributed by atoms with Crippen molar-refractivity contribution in [3.8, 4) is 0 Å². The summed E-state index contributed by atoms with van der Waals surface area (Å²) in [5.41, 5.74) is 0. The molecule has 1 aromatic carbocycles. The van der Waals surface area contributed by atoms with Crippen LogP contribution >= 0.6 is 0 Å². The van der Waals surface area contributed by atoms with Gasteiger partial charge in [-0.05, 0) is 30.9 Å². The Bertz CT molecular complexity index is 549. The van der Waals surface area contributed by atoms with E-state index in [-0.39, 0.29) is 19.0 Å². The van der Waals surface area contributed by atoms with Gasteiger partial charge in [0.25, 0.3) is 0 Å². The number of piperidine rings is 1. The van der Waals surface area contributed by atoms with E-state index in [1.165, 1.54) is 0 Å². The van der Waals surface area contributed by atoms with Gasteiger partial charge in [-0.1, -0.05) is 6.07 Å². The number of ether oxygens (including phenoxy) is 1. The van der Waals surface area contributed by atoms with E-state index in [1.807, 2.05) is 0 Å². The monoisotopic (exact) mass is 305 g/mol. The lowest BCUT2D eigenvalue weighted by Gasteiger charge is -2.30. The van der Waals surface area contributed by atoms with E-state index in [0.29, 0.717) is 19.4 Å². The van der Waals surface area contributed by atoms with Crippen LogP contribution in [0.1, 0.15) is 12.8 Å². The zero-order chi connectivity index (χ0) is 14.8. The molecule has 1 saturated heterocycles. The standard InChI is InChI=1S/C13H17F2NO3S/c1-19-9-10-5-7-16(8-6-10)20(17,18)13-11(14)3-2-4-12(13)15/h2-4,10H,5-9H2,1H3. The van der Waals surface area contributed by atoms with Gasteiger partial charge in [-0.3, -0.25) is 0 Å². The summed E-state index contributed by atoms with van der Waals surface area (Å²) in [6.45, 7) is 1.08. The second-order valence-electron chi connectivity index (χ2n) is 4.85. The first-order valence-corrected chi connectivity index (χ1v) is 7.84. The Labute approximate surface area is 117 Å². The van der Waals surface area contributed by atoms with Gasteiger partial charge in [-0.2, -0.15) is 4.31 Å². The highest BCUT2D eigenvalue weighted by molar-refractivity contribution is 7.89. The van der Waals surface area contributed by atoms with Crippen LogP contribution in [0.4, 0.5) is 8.78 Å². The summed E-state index contributed by atoms with van der Waals surface area (Å²) in [6, 6.07) is 3.05. The fourth-order valence-electron chi connectivity index (χ4n) is 2.41. The molecule has 2 rings (SSSR count). The molecule has 1 heterocycles. The summed E-state index contributed by atoms with van der Waals surface area (Å²) in [6.07, 6.45) is 1.26. The van der Waals surface area contributed by atoms with Gasteiger partial charge in [0, 0.05) is 26.8 Å². The molecule has 20 heavy (non-hydrogen) atoms.